The Morgan fingerprint density at radius 1 is 1.04 bits per heavy atom. The van der Waals surface area contributed by atoms with E-state index in [-0.39, 0.29) is 18.3 Å². The third-order valence-electron chi connectivity index (χ3n) is 3.94. The smallest absolute Gasteiger partial charge is 0.419 e. The molecule has 3 nitrogen and oxygen atoms in total. The van der Waals surface area contributed by atoms with E-state index < -0.39 is 11.7 Å². The SMILES string of the molecule is Cc1cc(-c2ccc(OCC(C)CC(C)C)c(C(F)(F)F)c2)nc(C)n1. The minimum atomic E-state index is -4.50. The molecule has 1 aromatic carbocycles. The second-order valence-corrected chi connectivity index (χ2v) is 7.20. The van der Waals surface area contributed by atoms with Crippen LogP contribution in [-0.4, -0.2) is 16.6 Å². The van der Waals surface area contributed by atoms with Gasteiger partial charge in [-0.25, -0.2) is 9.97 Å². The maximum Gasteiger partial charge on any atom is 0.419 e. The first-order valence-corrected chi connectivity index (χ1v) is 8.73. The van der Waals surface area contributed by atoms with E-state index in [0.717, 1.165) is 12.5 Å². The van der Waals surface area contributed by atoms with Crippen molar-refractivity contribution < 1.29 is 17.9 Å². The number of halogens is 3. The fourth-order valence-corrected chi connectivity index (χ4v) is 3.01. The maximum atomic E-state index is 13.5. The zero-order chi connectivity index (χ0) is 19.5. The van der Waals surface area contributed by atoms with Crippen LogP contribution in [0.1, 0.15) is 44.3 Å². The quantitative estimate of drug-likeness (QED) is 0.644. The number of hydrogen-bond donors (Lipinski definition) is 0. The van der Waals surface area contributed by atoms with Crippen LogP contribution >= 0.6 is 0 Å². The number of rotatable bonds is 6. The largest absolute Gasteiger partial charge is 0.493 e. The standard InChI is InChI=1S/C20H25F3N2O/c1-12(2)8-13(3)11-26-19-7-6-16(10-17(19)20(21,22)23)18-9-14(4)24-15(5)25-18/h6-7,9-10,12-13H,8,11H2,1-5H3. The second kappa shape index (κ2) is 8.06. The molecule has 0 spiro atoms. The van der Waals surface area contributed by atoms with E-state index in [4.69, 9.17) is 4.74 Å². The van der Waals surface area contributed by atoms with E-state index in [1.54, 1.807) is 26.0 Å². The highest BCUT2D eigenvalue weighted by atomic mass is 19.4. The monoisotopic (exact) mass is 366 g/mol. The van der Waals surface area contributed by atoms with Gasteiger partial charge in [0.2, 0.25) is 0 Å². The first-order chi connectivity index (χ1) is 12.1. The zero-order valence-electron chi connectivity index (χ0n) is 15.8. The topological polar surface area (TPSA) is 35.0 Å². The van der Waals surface area contributed by atoms with Crippen LogP contribution in [0.3, 0.4) is 0 Å². The molecule has 0 bridgehead atoms. The van der Waals surface area contributed by atoms with Crippen molar-refractivity contribution in [3.63, 3.8) is 0 Å². The Kier molecular flexibility index (Phi) is 6.26. The van der Waals surface area contributed by atoms with Gasteiger partial charge in [-0.05, 0) is 56.4 Å². The Bertz CT molecular complexity index is 737. The van der Waals surface area contributed by atoms with Crippen LogP contribution in [0.25, 0.3) is 11.3 Å². The fourth-order valence-electron chi connectivity index (χ4n) is 3.01. The van der Waals surface area contributed by atoms with Gasteiger partial charge in [0, 0.05) is 11.3 Å². The summed E-state index contributed by atoms with van der Waals surface area (Å²) in [5.41, 5.74) is 0.804. The third-order valence-corrected chi connectivity index (χ3v) is 3.94. The van der Waals surface area contributed by atoms with Gasteiger partial charge in [-0.3, -0.25) is 0 Å². The van der Waals surface area contributed by atoms with Crippen molar-refractivity contribution in [1.82, 2.24) is 9.97 Å². The molecule has 0 N–H and O–H groups in total. The molecular formula is C20H25F3N2O. The first kappa shape index (κ1) is 20.2. The van der Waals surface area contributed by atoms with E-state index in [1.165, 1.54) is 6.07 Å². The van der Waals surface area contributed by atoms with Crippen molar-refractivity contribution in [2.45, 2.75) is 47.2 Å². The molecule has 0 fully saturated rings. The normalized spacial score (nSPS) is 13.1. The van der Waals surface area contributed by atoms with Crippen LogP contribution < -0.4 is 4.74 Å². The van der Waals surface area contributed by atoms with Crippen LogP contribution in [-0.2, 0) is 6.18 Å². The number of alkyl halides is 3. The Morgan fingerprint density at radius 2 is 1.73 bits per heavy atom. The van der Waals surface area contributed by atoms with E-state index in [0.29, 0.717) is 28.7 Å². The van der Waals surface area contributed by atoms with Crippen molar-refractivity contribution >= 4 is 0 Å². The molecule has 1 unspecified atom stereocenters. The van der Waals surface area contributed by atoms with E-state index in [9.17, 15) is 13.2 Å². The molecule has 2 aromatic rings. The average molecular weight is 366 g/mol. The van der Waals surface area contributed by atoms with E-state index in [1.807, 2.05) is 6.92 Å². The Morgan fingerprint density at radius 3 is 2.31 bits per heavy atom. The highest BCUT2D eigenvalue weighted by Gasteiger charge is 2.35. The third kappa shape index (κ3) is 5.44. The molecule has 0 radical (unpaired) electrons. The van der Waals surface area contributed by atoms with Gasteiger partial charge in [0.05, 0.1) is 17.9 Å². The number of hydrogen-bond acceptors (Lipinski definition) is 3. The highest BCUT2D eigenvalue weighted by molar-refractivity contribution is 5.63. The molecule has 1 atom stereocenters. The Hall–Kier alpha value is -2.11. The molecule has 1 aromatic heterocycles. The molecule has 0 amide bonds. The molecule has 0 aliphatic carbocycles. The molecule has 0 saturated carbocycles. The van der Waals surface area contributed by atoms with Crippen LogP contribution in [0, 0.1) is 25.7 Å². The minimum absolute atomic E-state index is 0.139. The lowest BCUT2D eigenvalue weighted by Gasteiger charge is -2.19. The lowest BCUT2D eigenvalue weighted by atomic mass is 10.00. The first-order valence-electron chi connectivity index (χ1n) is 8.73. The van der Waals surface area contributed by atoms with Gasteiger partial charge in [0.15, 0.2) is 0 Å². The molecule has 1 heterocycles. The van der Waals surface area contributed by atoms with Gasteiger partial charge in [0.25, 0.3) is 0 Å². The number of benzene rings is 1. The summed E-state index contributed by atoms with van der Waals surface area (Å²) in [6.45, 7) is 9.90. The van der Waals surface area contributed by atoms with Gasteiger partial charge < -0.3 is 4.74 Å². The molecule has 0 aliphatic rings. The number of aryl methyl sites for hydroxylation is 2. The highest BCUT2D eigenvalue weighted by Crippen LogP contribution is 2.39. The van der Waals surface area contributed by atoms with Crippen LogP contribution in [0.15, 0.2) is 24.3 Å². The lowest BCUT2D eigenvalue weighted by Crippen LogP contribution is -2.14. The number of nitrogens with zero attached hydrogens (tertiary/aromatic N) is 2. The molecule has 2 rings (SSSR count). The van der Waals surface area contributed by atoms with Crippen molar-refractivity contribution in [2.24, 2.45) is 11.8 Å². The van der Waals surface area contributed by atoms with E-state index in [2.05, 4.69) is 23.8 Å². The summed E-state index contributed by atoms with van der Waals surface area (Å²) in [5.74, 6) is 1.04. The lowest BCUT2D eigenvalue weighted by molar-refractivity contribution is -0.139. The van der Waals surface area contributed by atoms with Crippen molar-refractivity contribution in [1.29, 1.82) is 0 Å². The van der Waals surface area contributed by atoms with E-state index >= 15 is 0 Å². The second-order valence-electron chi connectivity index (χ2n) is 7.20. The molecule has 0 aliphatic heterocycles. The summed E-state index contributed by atoms with van der Waals surface area (Å²) in [4.78, 5) is 8.41. The summed E-state index contributed by atoms with van der Waals surface area (Å²) in [7, 11) is 0. The van der Waals surface area contributed by atoms with Gasteiger partial charge in [-0.15, -0.1) is 0 Å². The van der Waals surface area contributed by atoms with Gasteiger partial charge in [-0.2, -0.15) is 13.2 Å². The molecule has 0 saturated heterocycles. The van der Waals surface area contributed by atoms with Crippen molar-refractivity contribution in [2.75, 3.05) is 6.61 Å². The summed E-state index contributed by atoms with van der Waals surface area (Å²) >= 11 is 0. The zero-order valence-corrected chi connectivity index (χ0v) is 15.8. The van der Waals surface area contributed by atoms with Crippen LogP contribution in [0.2, 0.25) is 0 Å². The minimum Gasteiger partial charge on any atom is -0.493 e. The Labute approximate surface area is 152 Å². The van der Waals surface area contributed by atoms with Gasteiger partial charge in [-0.1, -0.05) is 20.8 Å². The Balaban J connectivity index is 2.33. The summed E-state index contributed by atoms with van der Waals surface area (Å²) in [5, 5.41) is 0. The summed E-state index contributed by atoms with van der Waals surface area (Å²) in [6.07, 6.45) is -3.59. The average Bonchev–Trinajstić information content (AvgIpc) is 2.50. The fraction of sp³-hybridized carbons (Fsp3) is 0.500. The van der Waals surface area contributed by atoms with Gasteiger partial charge in [0.1, 0.15) is 11.6 Å². The van der Waals surface area contributed by atoms with Crippen LogP contribution in [0.5, 0.6) is 5.75 Å². The predicted octanol–water partition coefficient (Wildman–Crippen LogP) is 5.84. The van der Waals surface area contributed by atoms with Crippen LogP contribution in [0.4, 0.5) is 13.2 Å². The maximum absolute atomic E-state index is 13.5. The molecule has 142 valence electrons. The predicted molar refractivity (Wildman–Crippen MR) is 96.1 cm³/mol. The molecule has 6 heteroatoms. The van der Waals surface area contributed by atoms with Crippen molar-refractivity contribution in [3.05, 3.63) is 41.3 Å². The summed E-state index contributed by atoms with van der Waals surface area (Å²) < 4.78 is 46.1. The molecule has 26 heavy (non-hydrogen) atoms. The number of aromatic nitrogens is 2. The van der Waals surface area contributed by atoms with Crippen molar-refractivity contribution in [3.8, 4) is 17.0 Å². The van der Waals surface area contributed by atoms with Gasteiger partial charge >= 0.3 is 6.18 Å². The summed E-state index contributed by atoms with van der Waals surface area (Å²) in [6, 6.07) is 5.77. The molecular weight excluding hydrogens is 341 g/mol. The number of ether oxygens (including phenoxy) is 1.